The number of para-hydroxylation sites is 1. The Morgan fingerprint density at radius 2 is 1.85 bits per heavy atom. The molecule has 10 heteroatoms. The fourth-order valence-corrected chi connectivity index (χ4v) is 5.47. The van der Waals surface area contributed by atoms with Crippen molar-refractivity contribution in [3.63, 3.8) is 0 Å². The van der Waals surface area contributed by atoms with E-state index in [1.807, 2.05) is 43.9 Å². The molecule has 1 saturated heterocycles. The van der Waals surface area contributed by atoms with Gasteiger partial charge in [-0.1, -0.05) is 38.1 Å². The molecule has 0 aliphatic carbocycles. The van der Waals surface area contributed by atoms with Crippen molar-refractivity contribution in [2.75, 3.05) is 20.1 Å². The number of amides is 4. The third-order valence-corrected chi connectivity index (χ3v) is 7.84. The first-order chi connectivity index (χ1) is 19.6. The third kappa shape index (κ3) is 6.93. The summed E-state index contributed by atoms with van der Waals surface area (Å²) in [6.07, 6.45) is 2.45. The summed E-state index contributed by atoms with van der Waals surface area (Å²) in [5.74, 6) is 0.286. The topological polar surface area (TPSA) is 110 Å². The van der Waals surface area contributed by atoms with Crippen molar-refractivity contribution >= 4 is 28.9 Å². The number of imidazole rings is 1. The molecule has 1 aromatic heterocycles. The zero-order chi connectivity index (χ0) is 29.7. The number of carbonyl (C=O) groups is 3. The van der Waals surface area contributed by atoms with Crippen molar-refractivity contribution < 1.29 is 18.8 Å². The maximum absolute atomic E-state index is 13.6. The summed E-state index contributed by atoms with van der Waals surface area (Å²) in [5, 5.41) is 5.42. The number of nitrogens with one attached hydrogen (secondary N) is 3. The van der Waals surface area contributed by atoms with E-state index in [1.165, 1.54) is 12.1 Å². The molecule has 3 atom stereocenters. The highest BCUT2D eigenvalue weighted by atomic mass is 19.1. The zero-order valence-electron chi connectivity index (χ0n) is 24.5. The second-order valence-corrected chi connectivity index (χ2v) is 11.1. The summed E-state index contributed by atoms with van der Waals surface area (Å²) in [6.45, 7) is 8.83. The van der Waals surface area contributed by atoms with Crippen LogP contribution < -0.4 is 10.6 Å². The summed E-state index contributed by atoms with van der Waals surface area (Å²) in [7, 11) is 1.66. The van der Waals surface area contributed by atoms with Crippen molar-refractivity contribution in [1.82, 2.24) is 30.4 Å². The number of nitrogens with zero attached hydrogens (tertiary/aromatic N) is 3. The Labute approximate surface area is 240 Å². The van der Waals surface area contributed by atoms with Crippen molar-refractivity contribution in [2.45, 2.75) is 71.5 Å². The number of urea groups is 1. The van der Waals surface area contributed by atoms with E-state index >= 15 is 0 Å². The van der Waals surface area contributed by atoms with Gasteiger partial charge in [0.1, 0.15) is 11.6 Å². The SMILES string of the molecule is CCN(CCC1CCC(c2nc3c(-c4ccc(F)cc4)cccc3[nH]2)N1C(=O)NC(=O)C(C)NC)C(=O)CC(C)C. The Kier molecular flexibility index (Phi) is 9.75. The van der Waals surface area contributed by atoms with Crippen LogP contribution in [-0.4, -0.2) is 69.8 Å². The van der Waals surface area contributed by atoms with E-state index in [0.717, 1.165) is 22.2 Å². The molecule has 3 aromatic rings. The van der Waals surface area contributed by atoms with Crippen LogP contribution in [0.25, 0.3) is 22.2 Å². The molecule has 220 valence electrons. The van der Waals surface area contributed by atoms with E-state index in [-0.39, 0.29) is 29.7 Å². The number of fused-ring (bicyclic) bond motifs is 1. The van der Waals surface area contributed by atoms with Crippen LogP contribution in [-0.2, 0) is 9.59 Å². The van der Waals surface area contributed by atoms with Gasteiger partial charge in [0.2, 0.25) is 11.8 Å². The minimum Gasteiger partial charge on any atom is -0.343 e. The van der Waals surface area contributed by atoms with E-state index < -0.39 is 18.0 Å². The highest BCUT2D eigenvalue weighted by molar-refractivity contribution is 5.97. The first-order valence-electron chi connectivity index (χ1n) is 14.5. The molecule has 9 nitrogen and oxygen atoms in total. The molecular weight excluding hydrogens is 523 g/mol. The zero-order valence-corrected chi connectivity index (χ0v) is 24.5. The molecule has 0 bridgehead atoms. The van der Waals surface area contributed by atoms with E-state index in [4.69, 9.17) is 4.98 Å². The van der Waals surface area contributed by atoms with Gasteiger partial charge in [-0.15, -0.1) is 0 Å². The van der Waals surface area contributed by atoms with Crippen molar-refractivity contribution in [3.05, 3.63) is 54.1 Å². The Hall–Kier alpha value is -3.79. The Morgan fingerprint density at radius 1 is 1.12 bits per heavy atom. The number of benzene rings is 2. The first kappa shape index (κ1) is 30.2. The molecule has 3 unspecified atom stereocenters. The molecule has 1 aliphatic rings. The minimum atomic E-state index is -0.535. The van der Waals surface area contributed by atoms with Gasteiger partial charge in [0.15, 0.2) is 0 Å². The Morgan fingerprint density at radius 3 is 2.51 bits per heavy atom. The molecule has 0 saturated carbocycles. The van der Waals surface area contributed by atoms with Gasteiger partial charge < -0.3 is 20.1 Å². The van der Waals surface area contributed by atoms with Gasteiger partial charge in [-0.3, -0.25) is 14.9 Å². The fourth-order valence-electron chi connectivity index (χ4n) is 5.47. The number of carbonyl (C=O) groups excluding carboxylic acids is 3. The number of likely N-dealkylation sites (N-methyl/N-ethyl adjacent to an activating group) is 1. The minimum absolute atomic E-state index is 0.108. The standard InChI is InChI=1S/C31H41FN6O3/c1-6-37(27(39)18-19(2)3)17-16-23-14-15-26(38(23)31(41)36-30(40)20(4)33-5)29-34-25-9-7-8-24(28(25)35-29)21-10-12-22(32)13-11-21/h7-13,19-20,23,26,33H,6,14-18H2,1-5H3,(H,34,35)(H,36,40,41). The van der Waals surface area contributed by atoms with Crippen LogP contribution in [0.4, 0.5) is 9.18 Å². The largest absolute Gasteiger partial charge is 0.343 e. The van der Waals surface area contributed by atoms with Crippen LogP contribution >= 0.6 is 0 Å². The molecular formula is C31H41FN6O3. The summed E-state index contributed by atoms with van der Waals surface area (Å²) < 4.78 is 13.6. The van der Waals surface area contributed by atoms with Crippen molar-refractivity contribution in [1.29, 1.82) is 0 Å². The summed E-state index contributed by atoms with van der Waals surface area (Å²) in [5.41, 5.74) is 3.23. The van der Waals surface area contributed by atoms with Crippen LogP contribution in [0.1, 0.15) is 65.2 Å². The van der Waals surface area contributed by atoms with Crippen molar-refractivity contribution in [3.8, 4) is 11.1 Å². The number of rotatable bonds is 10. The van der Waals surface area contributed by atoms with E-state index in [2.05, 4.69) is 15.6 Å². The predicted octanol–water partition coefficient (Wildman–Crippen LogP) is 5.00. The summed E-state index contributed by atoms with van der Waals surface area (Å²) >= 11 is 0. The van der Waals surface area contributed by atoms with E-state index in [1.54, 1.807) is 31.0 Å². The third-order valence-electron chi connectivity index (χ3n) is 7.84. The van der Waals surface area contributed by atoms with Gasteiger partial charge in [-0.05, 0) is 69.8 Å². The summed E-state index contributed by atoms with van der Waals surface area (Å²) in [4.78, 5) is 50.9. The number of H-pyrrole nitrogens is 1. The molecule has 3 N–H and O–H groups in total. The lowest BCUT2D eigenvalue weighted by Crippen LogP contribution is -2.51. The van der Waals surface area contributed by atoms with Crippen LogP contribution in [0.2, 0.25) is 0 Å². The highest BCUT2D eigenvalue weighted by Gasteiger charge is 2.40. The average Bonchev–Trinajstić information content (AvgIpc) is 3.57. The fraction of sp³-hybridized carbons (Fsp3) is 0.484. The lowest BCUT2D eigenvalue weighted by molar-refractivity contribution is -0.132. The first-order valence-corrected chi connectivity index (χ1v) is 14.5. The maximum atomic E-state index is 13.6. The number of imide groups is 1. The molecule has 41 heavy (non-hydrogen) atoms. The van der Waals surface area contributed by atoms with E-state index in [9.17, 15) is 18.8 Å². The normalized spacial score (nSPS) is 17.7. The quantitative estimate of drug-likeness (QED) is 0.321. The average molecular weight is 565 g/mol. The molecule has 0 radical (unpaired) electrons. The molecule has 0 spiro atoms. The molecule has 2 aromatic carbocycles. The maximum Gasteiger partial charge on any atom is 0.324 e. The molecule has 2 heterocycles. The van der Waals surface area contributed by atoms with Gasteiger partial charge in [0, 0.05) is 31.1 Å². The Bertz CT molecular complexity index is 1370. The Balaban J connectivity index is 1.63. The summed E-state index contributed by atoms with van der Waals surface area (Å²) in [6, 6.07) is 10.5. The second-order valence-electron chi connectivity index (χ2n) is 11.1. The number of hydrogen-bond donors (Lipinski definition) is 3. The smallest absolute Gasteiger partial charge is 0.324 e. The van der Waals surface area contributed by atoms with Crippen molar-refractivity contribution in [2.24, 2.45) is 5.92 Å². The number of aromatic nitrogens is 2. The van der Waals surface area contributed by atoms with Gasteiger partial charge in [-0.2, -0.15) is 0 Å². The van der Waals surface area contributed by atoms with Gasteiger partial charge >= 0.3 is 6.03 Å². The van der Waals surface area contributed by atoms with E-state index in [0.29, 0.717) is 44.6 Å². The molecule has 4 amide bonds. The highest BCUT2D eigenvalue weighted by Crippen LogP contribution is 2.38. The van der Waals surface area contributed by atoms with Crippen LogP contribution in [0.5, 0.6) is 0 Å². The molecule has 1 fully saturated rings. The van der Waals surface area contributed by atoms with Gasteiger partial charge in [-0.25, -0.2) is 14.2 Å². The van der Waals surface area contributed by atoms with Gasteiger partial charge in [0.25, 0.3) is 0 Å². The number of halogens is 1. The monoisotopic (exact) mass is 564 g/mol. The second kappa shape index (κ2) is 13.2. The lowest BCUT2D eigenvalue weighted by Gasteiger charge is -2.31. The number of aromatic amines is 1. The predicted molar refractivity (Wildman–Crippen MR) is 157 cm³/mol. The van der Waals surface area contributed by atoms with Crippen LogP contribution in [0.3, 0.4) is 0 Å². The van der Waals surface area contributed by atoms with Crippen LogP contribution in [0, 0.1) is 11.7 Å². The van der Waals surface area contributed by atoms with Crippen LogP contribution in [0.15, 0.2) is 42.5 Å². The number of likely N-dealkylation sites (tertiary alicyclic amines) is 1. The molecule has 1 aliphatic heterocycles. The van der Waals surface area contributed by atoms with Gasteiger partial charge in [0.05, 0.1) is 23.1 Å². The number of hydrogen-bond acceptors (Lipinski definition) is 5. The molecule has 4 rings (SSSR count). The lowest BCUT2D eigenvalue weighted by atomic mass is 10.0.